The number of hydrogen-bond donors (Lipinski definition) is 1. The first-order chi connectivity index (χ1) is 9.13. The summed E-state index contributed by atoms with van der Waals surface area (Å²) in [5, 5.41) is 0. The molecule has 0 saturated heterocycles. The molecule has 1 rings (SSSR count). The molecule has 0 amide bonds. The molecule has 1 unspecified atom stereocenters. The average Bonchev–Trinajstić information content (AvgIpc) is 2.41. The summed E-state index contributed by atoms with van der Waals surface area (Å²) in [7, 11) is 0. The predicted molar refractivity (Wildman–Crippen MR) is 76.7 cm³/mol. The highest BCUT2D eigenvalue weighted by atomic mass is 19.1. The second kappa shape index (κ2) is 8.25. The molecule has 0 aliphatic carbocycles. The van der Waals surface area contributed by atoms with Gasteiger partial charge >= 0.3 is 0 Å². The van der Waals surface area contributed by atoms with Gasteiger partial charge in [-0.15, -0.1) is 0 Å². The maximum atomic E-state index is 13.7. The van der Waals surface area contributed by atoms with Gasteiger partial charge in [0.15, 0.2) is 0 Å². The van der Waals surface area contributed by atoms with Gasteiger partial charge < -0.3 is 10.5 Å². The zero-order valence-electron chi connectivity index (χ0n) is 12.2. The van der Waals surface area contributed by atoms with Crippen molar-refractivity contribution in [3.05, 3.63) is 35.1 Å². The predicted octanol–water partition coefficient (Wildman–Crippen LogP) is 2.49. The highest BCUT2D eigenvalue weighted by Crippen LogP contribution is 2.21. The number of aryl methyl sites for hydroxylation is 1. The van der Waals surface area contributed by atoms with Gasteiger partial charge in [-0.3, -0.25) is 4.90 Å². The number of hydrogen-bond acceptors (Lipinski definition) is 3. The Kier molecular flexibility index (Phi) is 6.99. The van der Waals surface area contributed by atoms with Crippen molar-refractivity contribution in [1.29, 1.82) is 0 Å². The third-order valence-corrected chi connectivity index (χ3v) is 3.38. The first-order valence-corrected chi connectivity index (χ1v) is 6.91. The lowest BCUT2D eigenvalue weighted by Gasteiger charge is -2.30. The number of rotatable bonds is 8. The first-order valence-electron chi connectivity index (χ1n) is 6.91. The van der Waals surface area contributed by atoms with Crippen LogP contribution in [0.2, 0.25) is 0 Å². The molecular weight excluding hydrogens is 243 g/mol. The van der Waals surface area contributed by atoms with Crippen LogP contribution in [-0.4, -0.2) is 37.7 Å². The number of nitrogens with two attached hydrogens (primary N) is 1. The summed E-state index contributed by atoms with van der Waals surface area (Å²) in [4.78, 5) is 2.22. The quantitative estimate of drug-likeness (QED) is 0.736. The Hall–Kier alpha value is -0.970. The topological polar surface area (TPSA) is 38.5 Å². The van der Waals surface area contributed by atoms with E-state index in [1.807, 2.05) is 19.1 Å². The molecular formula is C15H25FN2O. The van der Waals surface area contributed by atoms with Crippen LogP contribution in [0.5, 0.6) is 0 Å². The van der Waals surface area contributed by atoms with Gasteiger partial charge in [-0.1, -0.05) is 19.1 Å². The molecule has 108 valence electrons. The number of halogens is 1. The smallest absolute Gasteiger partial charge is 0.126 e. The fraction of sp³-hybridized carbons (Fsp3) is 0.600. The van der Waals surface area contributed by atoms with Crippen molar-refractivity contribution in [2.75, 3.05) is 32.8 Å². The van der Waals surface area contributed by atoms with Crippen LogP contribution in [0.15, 0.2) is 18.2 Å². The number of likely N-dealkylation sites (N-methyl/N-ethyl adjacent to an activating group) is 1. The highest BCUT2D eigenvalue weighted by Gasteiger charge is 2.18. The number of benzene rings is 1. The summed E-state index contributed by atoms with van der Waals surface area (Å²) >= 11 is 0. The lowest BCUT2D eigenvalue weighted by Crippen LogP contribution is -2.36. The summed E-state index contributed by atoms with van der Waals surface area (Å²) in [6.07, 6.45) is 0. The molecule has 0 saturated carbocycles. The van der Waals surface area contributed by atoms with E-state index in [-0.39, 0.29) is 11.9 Å². The van der Waals surface area contributed by atoms with E-state index < -0.39 is 0 Å². The van der Waals surface area contributed by atoms with Gasteiger partial charge in [0.1, 0.15) is 5.82 Å². The van der Waals surface area contributed by atoms with E-state index in [2.05, 4.69) is 11.8 Å². The third-order valence-electron chi connectivity index (χ3n) is 3.38. The van der Waals surface area contributed by atoms with Crippen molar-refractivity contribution in [3.63, 3.8) is 0 Å². The van der Waals surface area contributed by atoms with E-state index in [9.17, 15) is 4.39 Å². The second-order valence-corrected chi connectivity index (χ2v) is 4.59. The van der Waals surface area contributed by atoms with E-state index in [1.165, 1.54) is 0 Å². The Morgan fingerprint density at radius 3 is 2.63 bits per heavy atom. The van der Waals surface area contributed by atoms with Crippen molar-refractivity contribution in [2.24, 2.45) is 5.73 Å². The third kappa shape index (κ3) is 4.56. The van der Waals surface area contributed by atoms with Gasteiger partial charge in [0, 0.05) is 25.7 Å². The molecule has 1 atom stereocenters. The number of nitrogens with zero attached hydrogens (tertiary/aromatic N) is 1. The SMILES string of the molecule is CCOCCN(CC)C(CN)c1ccc(C)c(F)c1. The van der Waals surface area contributed by atoms with Crippen molar-refractivity contribution in [2.45, 2.75) is 26.8 Å². The standard InChI is InChI=1S/C15H25FN2O/c1-4-18(8-9-19-5-2)15(11-17)13-7-6-12(3)14(16)10-13/h6-7,10,15H,4-5,8-9,11,17H2,1-3H3. The first kappa shape index (κ1) is 16.1. The highest BCUT2D eigenvalue weighted by molar-refractivity contribution is 5.26. The molecule has 0 aromatic heterocycles. The van der Waals surface area contributed by atoms with Crippen LogP contribution in [0.1, 0.15) is 31.0 Å². The monoisotopic (exact) mass is 268 g/mol. The molecule has 0 bridgehead atoms. The molecule has 1 aromatic carbocycles. The summed E-state index contributed by atoms with van der Waals surface area (Å²) < 4.78 is 19.0. The summed E-state index contributed by atoms with van der Waals surface area (Å²) in [5.41, 5.74) is 7.47. The van der Waals surface area contributed by atoms with Crippen LogP contribution < -0.4 is 5.73 Å². The van der Waals surface area contributed by atoms with Crippen molar-refractivity contribution in [3.8, 4) is 0 Å². The van der Waals surface area contributed by atoms with Crippen molar-refractivity contribution < 1.29 is 9.13 Å². The molecule has 0 heterocycles. The Morgan fingerprint density at radius 2 is 2.11 bits per heavy atom. The minimum atomic E-state index is -0.170. The van der Waals surface area contributed by atoms with E-state index in [0.717, 1.165) is 18.7 Å². The van der Waals surface area contributed by atoms with E-state index in [4.69, 9.17) is 10.5 Å². The fourth-order valence-electron chi connectivity index (χ4n) is 2.17. The molecule has 0 spiro atoms. The van der Waals surface area contributed by atoms with Crippen LogP contribution in [-0.2, 0) is 4.74 Å². The summed E-state index contributed by atoms with van der Waals surface area (Å²) in [6, 6.07) is 5.40. The Balaban J connectivity index is 2.80. The van der Waals surface area contributed by atoms with Crippen LogP contribution in [0, 0.1) is 12.7 Å². The molecule has 0 aliphatic heterocycles. The van der Waals surface area contributed by atoms with Crippen LogP contribution in [0.3, 0.4) is 0 Å². The second-order valence-electron chi connectivity index (χ2n) is 4.59. The molecule has 3 nitrogen and oxygen atoms in total. The van der Waals surface area contributed by atoms with E-state index in [0.29, 0.717) is 25.3 Å². The van der Waals surface area contributed by atoms with E-state index >= 15 is 0 Å². The lowest BCUT2D eigenvalue weighted by molar-refractivity contribution is 0.0980. The van der Waals surface area contributed by atoms with Crippen molar-refractivity contribution >= 4 is 0 Å². The Morgan fingerprint density at radius 1 is 1.37 bits per heavy atom. The van der Waals surface area contributed by atoms with Gasteiger partial charge in [0.25, 0.3) is 0 Å². The maximum absolute atomic E-state index is 13.7. The van der Waals surface area contributed by atoms with Gasteiger partial charge in [0.2, 0.25) is 0 Å². The van der Waals surface area contributed by atoms with Crippen LogP contribution in [0.4, 0.5) is 4.39 Å². The largest absolute Gasteiger partial charge is 0.380 e. The Labute approximate surface area is 115 Å². The summed E-state index contributed by atoms with van der Waals surface area (Å²) in [5.74, 6) is -0.170. The minimum absolute atomic E-state index is 0.0422. The van der Waals surface area contributed by atoms with Gasteiger partial charge in [-0.2, -0.15) is 0 Å². The van der Waals surface area contributed by atoms with Crippen LogP contribution >= 0.6 is 0 Å². The average molecular weight is 268 g/mol. The zero-order chi connectivity index (χ0) is 14.3. The molecule has 0 radical (unpaired) electrons. The lowest BCUT2D eigenvalue weighted by atomic mass is 10.0. The van der Waals surface area contributed by atoms with Crippen molar-refractivity contribution in [1.82, 2.24) is 4.90 Å². The molecule has 2 N–H and O–H groups in total. The molecule has 19 heavy (non-hydrogen) atoms. The molecule has 4 heteroatoms. The van der Waals surface area contributed by atoms with Crippen LogP contribution in [0.25, 0.3) is 0 Å². The minimum Gasteiger partial charge on any atom is -0.380 e. The summed E-state index contributed by atoms with van der Waals surface area (Å²) in [6.45, 7) is 9.36. The maximum Gasteiger partial charge on any atom is 0.126 e. The van der Waals surface area contributed by atoms with Gasteiger partial charge in [-0.25, -0.2) is 4.39 Å². The molecule has 0 fully saturated rings. The Bertz CT molecular complexity index is 384. The normalized spacial score (nSPS) is 12.9. The number of ether oxygens (including phenoxy) is 1. The zero-order valence-corrected chi connectivity index (χ0v) is 12.2. The molecule has 0 aliphatic rings. The van der Waals surface area contributed by atoms with E-state index in [1.54, 1.807) is 13.0 Å². The molecule has 1 aromatic rings. The van der Waals surface area contributed by atoms with Gasteiger partial charge in [0.05, 0.1) is 6.61 Å². The van der Waals surface area contributed by atoms with Gasteiger partial charge in [-0.05, 0) is 37.6 Å². The fourth-order valence-corrected chi connectivity index (χ4v) is 2.17.